The number of nitrogens with two attached hydrogens (primary N) is 1. The summed E-state index contributed by atoms with van der Waals surface area (Å²) < 4.78 is 49.9. The smallest absolute Gasteiger partial charge is 0.255 e. The van der Waals surface area contributed by atoms with Crippen molar-refractivity contribution in [2.24, 2.45) is 5.73 Å². The first-order valence-corrected chi connectivity index (χ1v) is 14.5. The van der Waals surface area contributed by atoms with Gasteiger partial charge in [-0.3, -0.25) is 9.69 Å². The van der Waals surface area contributed by atoms with E-state index in [0.29, 0.717) is 82.2 Å². The molecule has 1 aliphatic heterocycles. The molecule has 2 aromatic rings. The van der Waals surface area contributed by atoms with E-state index >= 15 is 0 Å². The molecule has 11 nitrogen and oxygen atoms in total. The van der Waals surface area contributed by atoms with E-state index in [0.717, 1.165) is 12.1 Å². The average molecular weight is 585 g/mol. The molecule has 3 N–H and O–H groups in total. The number of piperazine rings is 1. The molecular formula is C26H37ClN4O7S. The van der Waals surface area contributed by atoms with Crippen molar-refractivity contribution in [2.75, 3.05) is 84.8 Å². The molecule has 1 aliphatic rings. The number of carbonyl (C=O) groups excluding carboxylic acids is 1. The topological polar surface area (TPSA) is 133 Å². The van der Waals surface area contributed by atoms with Crippen LogP contribution in [0.15, 0.2) is 47.4 Å². The average Bonchev–Trinajstić information content (AvgIpc) is 2.93. The number of nitrogens with one attached hydrogen (secondary N) is 1. The summed E-state index contributed by atoms with van der Waals surface area (Å²) in [5.41, 5.74) is 6.29. The van der Waals surface area contributed by atoms with E-state index in [4.69, 9.17) is 36.3 Å². The van der Waals surface area contributed by atoms with Gasteiger partial charge >= 0.3 is 0 Å². The van der Waals surface area contributed by atoms with E-state index in [1.165, 1.54) is 4.31 Å². The molecule has 0 unspecified atom stereocenters. The summed E-state index contributed by atoms with van der Waals surface area (Å²) in [6, 6.07) is 11.9. The second kappa shape index (κ2) is 16.0. The molecule has 0 aliphatic carbocycles. The fourth-order valence-corrected chi connectivity index (χ4v) is 5.88. The van der Waals surface area contributed by atoms with Gasteiger partial charge < -0.3 is 30.0 Å². The quantitative estimate of drug-likeness (QED) is 0.267. The number of nitrogens with zero attached hydrogens (tertiary/aromatic N) is 2. The second-order valence-electron chi connectivity index (χ2n) is 8.83. The van der Waals surface area contributed by atoms with Gasteiger partial charge in [-0.05, 0) is 29.8 Å². The van der Waals surface area contributed by atoms with Crippen LogP contribution in [0.2, 0.25) is 5.02 Å². The molecule has 0 radical (unpaired) electrons. The van der Waals surface area contributed by atoms with Crippen molar-refractivity contribution in [1.29, 1.82) is 0 Å². The van der Waals surface area contributed by atoms with Crippen LogP contribution in [0.25, 0.3) is 0 Å². The zero-order valence-corrected chi connectivity index (χ0v) is 23.7. The number of hydrogen-bond acceptors (Lipinski definition) is 9. The van der Waals surface area contributed by atoms with E-state index in [1.54, 1.807) is 43.5 Å². The second-order valence-corrected chi connectivity index (χ2v) is 11.1. The normalized spacial score (nSPS) is 14.8. The molecule has 1 amide bonds. The largest absolute Gasteiger partial charge is 0.484 e. The highest BCUT2D eigenvalue weighted by atomic mass is 35.5. The number of rotatable bonds is 17. The van der Waals surface area contributed by atoms with Gasteiger partial charge in [-0.15, -0.1) is 0 Å². The van der Waals surface area contributed by atoms with Gasteiger partial charge in [0.25, 0.3) is 5.91 Å². The first-order chi connectivity index (χ1) is 18.8. The molecule has 0 saturated carbocycles. The van der Waals surface area contributed by atoms with Gasteiger partial charge in [-0.1, -0.05) is 29.8 Å². The van der Waals surface area contributed by atoms with Crippen LogP contribution < -0.4 is 15.8 Å². The Balaban J connectivity index is 1.53. The standard InChI is InChI=1S/C26H37ClN4O7S/c1-35-14-15-37-17-16-36-13-12-30-8-10-31(11-9-30)39(33,34)24-7-3-6-23(27)26(24)29-19-21-4-2-5-22(18-21)38-20-25(28)32/h2-7,18,29H,8-17,19-20H2,1H3,(H2,28,32). The van der Waals surface area contributed by atoms with Crippen LogP contribution in [0, 0.1) is 0 Å². The highest BCUT2D eigenvalue weighted by Gasteiger charge is 2.31. The molecule has 216 valence electrons. The summed E-state index contributed by atoms with van der Waals surface area (Å²) in [4.78, 5) is 13.3. The van der Waals surface area contributed by atoms with Crippen LogP contribution >= 0.6 is 11.6 Å². The third-order valence-electron chi connectivity index (χ3n) is 6.03. The molecule has 0 atom stereocenters. The Morgan fingerprint density at radius 2 is 1.69 bits per heavy atom. The molecule has 39 heavy (non-hydrogen) atoms. The van der Waals surface area contributed by atoms with Gasteiger partial charge in [0, 0.05) is 46.4 Å². The van der Waals surface area contributed by atoms with Crippen molar-refractivity contribution in [3.05, 3.63) is 53.1 Å². The number of anilines is 1. The SMILES string of the molecule is COCCOCCOCCN1CCN(S(=O)(=O)c2cccc(Cl)c2NCc2cccc(OCC(N)=O)c2)CC1. The summed E-state index contributed by atoms with van der Waals surface area (Å²) >= 11 is 6.44. The van der Waals surface area contributed by atoms with Crippen molar-refractivity contribution in [3.8, 4) is 5.75 Å². The van der Waals surface area contributed by atoms with Crippen LogP contribution in [0.1, 0.15) is 5.56 Å². The summed E-state index contributed by atoms with van der Waals surface area (Å²) in [7, 11) is -2.15. The third-order valence-corrected chi connectivity index (χ3v) is 8.28. The van der Waals surface area contributed by atoms with Gasteiger partial charge in [0.1, 0.15) is 10.6 Å². The van der Waals surface area contributed by atoms with Gasteiger partial charge in [0.2, 0.25) is 10.0 Å². The lowest BCUT2D eigenvalue weighted by Gasteiger charge is -2.34. The number of methoxy groups -OCH3 is 1. The molecule has 0 bridgehead atoms. The predicted molar refractivity (Wildman–Crippen MR) is 149 cm³/mol. The Hall–Kier alpha value is -2.45. The number of ether oxygens (including phenoxy) is 4. The van der Waals surface area contributed by atoms with Crippen molar-refractivity contribution < 1.29 is 32.2 Å². The van der Waals surface area contributed by atoms with Crippen LogP contribution in [-0.2, 0) is 35.6 Å². The van der Waals surface area contributed by atoms with Gasteiger partial charge in [-0.25, -0.2) is 8.42 Å². The predicted octanol–water partition coefficient (Wildman–Crippen LogP) is 1.80. The Kier molecular flexibility index (Phi) is 12.7. The van der Waals surface area contributed by atoms with Crippen molar-refractivity contribution in [1.82, 2.24) is 9.21 Å². The lowest BCUT2D eigenvalue weighted by molar-refractivity contribution is -0.119. The molecule has 0 spiro atoms. The maximum absolute atomic E-state index is 13.6. The Labute approximate surface area is 235 Å². The maximum Gasteiger partial charge on any atom is 0.255 e. The van der Waals surface area contributed by atoms with Crippen LogP contribution in [0.5, 0.6) is 5.75 Å². The number of benzene rings is 2. The van der Waals surface area contributed by atoms with E-state index in [9.17, 15) is 13.2 Å². The number of primary amides is 1. The summed E-state index contributed by atoms with van der Waals surface area (Å²) in [6.07, 6.45) is 0. The number of amides is 1. The third kappa shape index (κ3) is 9.91. The van der Waals surface area contributed by atoms with Crippen molar-refractivity contribution in [3.63, 3.8) is 0 Å². The summed E-state index contributed by atoms with van der Waals surface area (Å²) in [6.45, 7) is 5.41. The Morgan fingerprint density at radius 3 is 2.41 bits per heavy atom. The molecule has 2 aromatic carbocycles. The molecule has 1 fully saturated rings. The van der Waals surface area contributed by atoms with E-state index < -0.39 is 15.9 Å². The molecule has 13 heteroatoms. The molecule has 1 saturated heterocycles. The van der Waals surface area contributed by atoms with Crippen molar-refractivity contribution >= 4 is 33.2 Å². The van der Waals surface area contributed by atoms with Crippen molar-refractivity contribution in [2.45, 2.75) is 11.4 Å². The van der Waals surface area contributed by atoms with Crippen LogP contribution in [-0.4, -0.2) is 103 Å². The molecule has 1 heterocycles. The molecular weight excluding hydrogens is 548 g/mol. The van der Waals surface area contributed by atoms with Gasteiger partial charge in [0.15, 0.2) is 6.61 Å². The number of carbonyl (C=O) groups is 1. The minimum Gasteiger partial charge on any atom is -0.484 e. The number of sulfonamides is 1. The highest BCUT2D eigenvalue weighted by Crippen LogP contribution is 2.32. The van der Waals surface area contributed by atoms with E-state index in [-0.39, 0.29) is 11.5 Å². The lowest BCUT2D eigenvalue weighted by Crippen LogP contribution is -2.49. The summed E-state index contributed by atoms with van der Waals surface area (Å²) in [5.74, 6) is -0.0862. The summed E-state index contributed by atoms with van der Waals surface area (Å²) in [5, 5.41) is 3.48. The Bertz CT molecular complexity index is 1160. The molecule has 0 aromatic heterocycles. The molecule has 3 rings (SSSR count). The zero-order valence-electron chi connectivity index (χ0n) is 22.1. The highest BCUT2D eigenvalue weighted by molar-refractivity contribution is 7.89. The van der Waals surface area contributed by atoms with Crippen LogP contribution in [0.4, 0.5) is 5.69 Å². The first kappa shape index (κ1) is 31.1. The fourth-order valence-electron chi connectivity index (χ4n) is 3.97. The Morgan fingerprint density at radius 1 is 1.00 bits per heavy atom. The number of halogens is 1. The monoisotopic (exact) mass is 584 g/mol. The zero-order chi connectivity index (χ0) is 28.1. The number of para-hydroxylation sites is 1. The maximum atomic E-state index is 13.6. The fraction of sp³-hybridized carbons (Fsp3) is 0.500. The minimum atomic E-state index is -3.78. The van der Waals surface area contributed by atoms with Gasteiger partial charge in [-0.2, -0.15) is 4.31 Å². The van der Waals surface area contributed by atoms with E-state index in [1.807, 2.05) is 6.07 Å². The lowest BCUT2D eigenvalue weighted by atomic mass is 10.2. The minimum absolute atomic E-state index is 0.126. The van der Waals surface area contributed by atoms with Crippen LogP contribution in [0.3, 0.4) is 0 Å². The first-order valence-electron chi connectivity index (χ1n) is 12.7. The van der Waals surface area contributed by atoms with Gasteiger partial charge in [0.05, 0.1) is 43.7 Å². The number of hydrogen-bond donors (Lipinski definition) is 2. The van der Waals surface area contributed by atoms with E-state index in [2.05, 4.69) is 10.2 Å².